The first-order valence-electron chi connectivity index (χ1n) is 9.34. The zero-order chi connectivity index (χ0) is 18.9. The summed E-state index contributed by atoms with van der Waals surface area (Å²) in [6.07, 6.45) is 2.57. The van der Waals surface area contributed by atoms with Crippen LogP contribution in [-0.4, -0.2) is 63.2 Å². The number of nitrogens with zero attached hydrogens (tertiary/aromatic N) is 4. The van der Waals surface area contributed by atoms with Crippen molar-refractivity contribution in [3.63, 3.8) is 0 Å². The molecule has 0 aliphatic carbocycles. The maximum absolute atomic E-state index is 12.5. The van der Waals surface area contributed by atoms with Crippen molar-refractivity contribution in [2.45, 2.75) is 52.5 Å². The van der Waals surface area contributed by atoms with Gasteiger partial charge in [0.25, 0.3) is 0 Å². The molecule has 1 unspecified atom stereocenters. The number of hydrogen-bond acceptors (Lipinski definition) is 6. The fraction of sp³-hybridized carbons (Fsp3) is 0.778. The number of piperidine rings is 1. The van der Waals surface area contributed by atoms with Crippen molar-refractivity contribution in [3.05, 3.63) is 11.8 Å². The minimum Gasteiger partial charge on any atom is -0.423 e. The van der Waals surface area contributed by atoms with Crippen LogP contribution in [0.1, 0.15) is 57.4 Å². The summed E-state index contributed by atoms with van der Waals surface area (Å²) < 4.78 is 5.61. The van der Waals surface area contributed by atoms with Crippen LogP contribution in [0.4, 0.5) is 0 Å². The minimum absolute atomic E-state index is 0.00405. The Hall–Kier alpha value is -1.96. The van der Waals surface area contributed by atoms with E-state index in [2.05, 4.69) is 10.2 Å². The van der Waals surface area contributed by atoms with Gasteiger partial charge in [-0.15, -0.1) is 10.2 Å². The smallest absolute Gasteiger partial charge is 0.238 e. The first kappa shape index (κ1) is 18.8. The van der Waals surface area contributed by atoms with E-state index in [0.717, 1.165) is 19.3 Å². The zero-order valence-electron chi connectivity index (χ0n) is 15.8. The van der Waals surface area contributed by atoms with Gasteiger partial charge in [0.1, 0.15) is 6.04 Å². The molecule has 26 heavy (non-hydrogen) atoms. The van der Waals surface area contributed by atoms with Crippen molar-refractivity contribution < 1.29 is 19.1 Å². The SMILES string of the molecule is Cc1nnc(C2CC3(CCN(C(=O)C(C)C)CC3)CN2C(=O)CCO)o1. The lowest BCUT2D eigenvalue weighted by Crippen LogP contribution is -2.46. The number of aliphatic hydroxyl groups is 1. The van der Waals surface area contributed by atoms with Crippen LogP contribution in [-0.2, 0) is 9.59 Å². The second kappa shape index (κ2) is 7.34. The van der Waals surface area contributed by atoms with Gasteiger partial charge in [-0.2, -0.15) is 0 Å². The molecule has 1 N–H and O–H groups in total. The van der Waals surface area contributed by atoms with Crippen molar-refractivity contribution in [2.24, 2.45) is 11.3 Å². The van der Waals surface area contributed by atoms with Gasteiger partial charge in [0.2, 0.25) is 23.6 Å². The Bertz CT molecular complexity index is 664. The Balaban J connectivity index is 1.76. The van der Waals surface area contributed by atoms with Gasteiger partial charge < -0.3 is 19.3 Å². The second-order valence-electron chi connectivity index (χ2n) is 7.85. The predicted molar refractivity (Wildman–Crippen MR) is 92.9 cm³/mol. The molecule has 2 fully saturated rings. The van der Waals surface area contributed by atoms with Crippen LogP contribution in [0.5, 0.6) is 0 Å². The van der Waals surface area contributed by atoms with Gasteiger partial charge in [0, 0.05) is 38.9 Å². The maximum Gasteiger partial charge on any atom is 0.238 e. The number of hydrogen-bond donors (Lipinski definition) is 1. The molecule has 0 bridgehead atoms. The van der Waals surface area contributed by atoms with Gasteiger partial charge >= 0.3 is 0 Å². The van der Waals surface area contributed by atoms with Gasteiger partial charge in [-0.1, -0.05) is 13.8 Å². The second-order valence-corrected chi connectivity index (χ2v) is 7.85. The predicted octanol–water partition coefficient (Wildman–Crippen LogP) is 1.30. The van der Waals surface area contributed by atoms with E-state index in [4.69, 9.17) is 9.52 Å². The fourth-order valence-corrected chi connectivity index (χ4v) is 4.15. The van der Waals surface area contributed by atoms with Crippen molar-refractivity contribution in [1.82, 2.24) is 20.0 Å². The van der Waals surface area contributed by atoms with Crippen LogP contribution in [0, 0.1) is 18.3 Å². The van der Waals surface area contributed by atoms with Crippen LogP contribution in [0.25, 0.3) is 0 Å². The number of aliphatic hydroxyl groups excluding tert-OH is 1. The van der Waals surface area contributed by atoms with Crippen LogP contribution >= 0.6 is 0 Å². The average Bonchev–Trinajstić information content (AvgIpc) is 3.19. The lowest BCUT2D eigenvalue weighted by molar-refractivity contribution is -0.137. The van der Waals surface area contributed by atoms with E-state index in [1.165, 1.54) is 0 Å². The molecule has 1 aromatic rings. The summed E-state index contributed by atoms with van der Waals surface area (Å²) >= 11 is 0. The molecule has 2 aliphatic heterocycles. The molecule has 2 saturated heterocycles. The molecule has 0 radical (unpaired) electrons. The van der Waals surface area contributed by atoms with Crippen LogP contribution in [0.2, 0.25) is 0 Å². The third kappa shape index (κ3) is 3.60. The van der Waals surface area contributed by atoms with Crippen LogP contribution in [0.3, 0.4) is 0 Å². The number of aromatic nitrogens is 2. The third-order valence-corrected chi connectivity index (χ3v) is 5.61. The van der Waals surface area contributed by atoms with Gasteiger partial charge in [-0.3, -0.25) is 9.59 Å². The largest absolute Gasteiger partial charge is 0.423 e. The van der Waals surface area contributed by atoms with Crippen molar-refractivity contribution in [1.29, 1.82) is 0 Å². The Labute approximate surface area is 153 Å². The van der Waals surface area contributed by atoms with Crippen LogP contribution < -0.4 is 0 Å². The van der Waals surface area contributed by atoms with E-state index in [1.54, 1.807) is 11.8 Å². The normalized spacial score (nSPS) is 22.4. The van der Waals surface area contributed by atoms with E-state index >= 15 is 0 Å². The Morgan fingerprint density at radius 2 is 2.00 bits per heavy atom. The third-order valence-electron chi connectivity index (χ3n) is 5.61. The van der Waals surface area contributed by atoms with Gasteiger partial charge in [0.15, 0.2) is 0 Å². The van der Waals surface area contributed by atoms with Gasteiger partial charge in [0.05, 0.1) is 6.61 Å². The van der Waals surface area contributed by atoms with Crippen molar-refractivity contribution >= 4 is 11.8 Å². The monoisotopic (exact) mass is 364 g/mol. The molecule has 1 atom stereocenters. The summed E-state index contributed by atoms with van der Waals surface area (Å²) in [5.74, 6) is 1.05. The van der Waals surface area contributed by atoms with Gasteiger partial charge in [-0.25, -0.2) is 0 Å². The van der Waals surface area contributed by atoms with E-state index < -0.39 is 0 Å². The Morgan fingerprint density at radius 1 is 1.31 bits per heavy atom. The average molecular weight is 364 g/mol. The van der Waals surface area contributed by atoms with Crippen LogP contribution in [0.15, 0.2) is 4.42 Å². The van der Waals surface area contributed by atoms with E-state index in [9.17, 15) is 9.59 Å². The summed E-state index contributed by atoms with van der Waals surface area (Å²) in [5, 5.41) is 17.2. The molecule has 8 heteroatoms. The zero-order valence-corrected chi connectivity index (χ0v) is 15.8. The van der Waals surface area contributed by atoms with E-state index in [0.29, 0.717) is 31.4 Å². The molecule has 1 spiro atoms. The minimum atomic E-state index is -0.248. The topological polar surface area (TPSA) is 99.8 Å². The molecule has 3 heterocycles. The quantitative estimate of drug-likeness (QED) is 0.864. The molecular weight excluding hydrogens is 336 g/mol. The fourth-order valence-electron chi connectivity index (χ4n) is 4.15. The van der Waals surface area contributed by atoms with Crippen molar-refractivity contribution in [3.8, 4) is 0 Å². The first-order valence-corrected chi connectivity index (χ1v) is 9.34. The highest BCUT2D eigenvalue weighted by molar-refractivity contribution is 5.78. The molecule has 1 aromatic heterocycles. The number of rotatable bonds is 4. The summed E-state index contributed by atoms with van der Waals surface area (Å²) in [4.78, 5) is 28.5. The number of carbonyl (C=O) groups excluding carboxylic acids is 2. The molecule has 144 valence electrons. The lowest BCUT2D eigenvalue weighted by atomic mass is 9.76. The summed E-state index contributed by atoms with van der Waals surface area (Å²) in [6.45, 7) is 7.45. The van der Waals surface area contributed by atoms with Crippen molar-refractivity contribution in [2.75, 3.05) is 26.2 Å². The number of likely N-dealkylation sites (tertiary alicyclic amines) is 2. The Morgan fingerprint density at radius 3 is 2.54 bits per heavy atom. The molecule has 2 amide bonds. The molecule has 3 rings (SSSR count). The summed E-state index contributed by atoms with van der Waals surface area (Å²) in [6, 6.07) is -0.248. The van der Waals surface area contributed by atoms with E-state index in [-0.39, 0.29) is 42.2 Å². The molecule has 8 nitrogen and oxygen atoms in total. The highest BCUT2D eigenvalue weighted by Crippen LogP contribution is 2.49. The Kier molecular flexibility index (Phi) is 5.32. The van der Waals surface area contributed by atoms with E-state index in [1.807, 2.05) is 18.7 Å². The number of aryl methyl sites for hydroxylation is 1. The first-order chi connectivity index (χ1) is 12.3. The highest BCUT2D eigenvalue weighted by Gasteiger charge is 2.49. The molecule has 0 aromatic carbocycles. The maximum atomic E-state index is 12.5. The standard InChI is InChI=1S/C18H28N4O4/c1-12(2)17(25)21-7-5-18(6-8-21)10-14(16-20-19-13(3)26-16)22(11-18)15(24)4-9-23/h12,14,23H,4-11H2,1-3H3. The molecule has 0 saturated carbocycles. The molecular formula is C18H28N4O4. The molecule has 2 aliphatic rings. The summed E-state index contributed by atoms with van der Waals surface area (Å²) in [5.41, 5.74) is -0.0358. The number of carbonyl (C=O) groups is 2. The summed E-state index contributed by atoms with van der Waals surface area (Å²) in [7, 11) is 0. The van der Waals surface area contributed by atoms with Gasteiger partial charge in [-0.05, 0) is 24.7 Å². The lowest BCUT2D eigenvalue weighted by Gasteiger charge is -2.39. The number of amides is 2. The highest BCUT2D eigenvalue weighted by atomic mass is 16.4.